The quantitative estimate of drug-likeness (QED) is 0.731. The van der Waals surface area contributed by atoms with Crippen molar-refractivity contribution in [2.75, 3.05) is 17.6 Å². The van der Waals surface area contributed by atoms with Gasteiger partial charge >= 0.3 is 5.69 Å². The summed E-state index contributed by atoms with van der Waals surface area (Å²) < 4.78 is 1.64. The van der Waals surface area contributed by atoms with Crippen molar-refractivity contribution in [2.45, 2.75) is 45.2 Å². The monoisotopic (exact) mass is 329 g/mol. The van der Waals surface area contributed by atoms with Gasteiger partial charge in [0, 0.05) is 42.5 Å². The number of nitrogens with one attached hydrogen (secondary N) is 1. The summed E-state index contributed by atoms with van der Waals surface area (Å²) >= 11 is 0. The van der Waals surface area contributed by atoms with Gasteiger partial charge in [-0.2, -0.15) is 9.97 Å². The molecule has 3 rings (SSSR count). The lowest BCUT2D eigenvalue weighted by Gasteiger charge is -2.32. The van der Waals surface area contributed by atoms with E-state index in [1.165, 1.54) is 0 Å². The van der Waals surface area contributed by atoms with E-state index >= 15 is 0 Å². The van der Waals surface area contributed by atoms with E-state index in [0.717, 1.165) is 29.9 Å². The Balaban J connectivity index is 1.66. The van der Waals surface area contributed by atoms with Crippen LogP contribution in [0.5, 0.6) is 0 Å². The number of hydrogen-bond acceptors (Lipinski definition) is 7. The molecule has 0 spiro atoms. The molecule has 0 unspecified atom stereocenters. The Kier molecular flexibility index (Phi) is 4.48. The van der Waals surface area contributed by atoms with E-state index in [2.05, 4.69) is 20.3 Å². The second-order valence-electron chi connectivity index (χ2n) is 6.36. The topological polar surface area (TPSA) is 125 Å². The molecule has 5 N–H and O–H groups in total. The van der Waals surface area contributed by atoms with Crippen LogP contribution in [0.3, 0.4) is 0 Å². The predicted molar refractivity (Wildman–Crippen MR) is 92.9 cm³/mol. The SMILES string of the molecule is Cc1cc(C)n(CCNc2cc(C3CC(N)C3)nc(N)n2)c(=O)n1. The molecule has 0 bridgehead atoms. The van der Waals surface area contributed by atoms with Gasteiger partial charge in [0.2, 0.25) is 5.95 Å². The van der Waals surface area contributed by atoms with Gasteiger partial charge in [-0.15, -0.1) is 0 Å². The molecule has 0 aliphatic heterocycles. The summed E-state index contributed by atoms with van der Waals surface area (Å²) in [6.45, 7) is 4.77. The molecule has 1 aliphatic rings. The Labute approximate surface area is 140 Å². The maximum absolute atomic E-state index is 11.9. The number of anilines is 2. The maximum atomic E-state index is 11.9. The van der Waals surface area contributed by atoms with Gasteiger partial charge in [0.15, 0.2) is 0 Å². The van der Waals surface area contributed by atoms with Crippen molar-refractivity contribution >= 4 is 11.8 Å². The van der Waals surface area contributed by atoms with E-state index in [-0.39, 0.29) is 17.7 Å². The Morgan fingerprint density at radius 1 is 1.25 bits per heavy atom. The normalized spacial score (nSPS) is 19.8. The van der Waals surface area contributed by atoms with Crippen LogP contribution in [0.15, 0.2) is 16.9 Å². The summed E-state index contributed by atoms with van der Waals surface area (Å²) in [6, 6.07) is 4.06. The minimum absolute atomic E-state index is 0.236. The molecule has 0 aromatic carbocycles. The van der Waals surface area contributed by atoms with Gasteiger partial charge in [0.1, 0.15) is 5.82 Å². The molecular formula is C16H23N7O. The van der Waals surface area contributed by atoms with Gasteiger partial charge in [-0.25, -0.2) is 9.78 Å². The Morgan fingerprint density at radius 2 is 2.00 bits per heavy atom. The second-order valence-corrected chi connectivity index (χ2v) is 6.36. The molecule has 24 heavy (non-hydrogen) atoms. The molecule has 8 heteroatoms. The molecule has 0 atom stereocenters. The Bertz CT molecular complexity index is 795. The van der Waals surface area contributed by atoms with Crippen LogP contribution < -0.4 is 22.5 Å². The zero-order chi connectivity index (χ0) is 17.3. The van der Waals surface area contributed by atoms with Gasteiger partial charge in [-0.05, 0) is 32.8 Å². The predicted octanol–water partition coefficient (Wildman–Crippen LogP) is 0.549. The van der Waals surface area contributed by atoms with Crippen molar-refractivity contribution in [1.29, 1.82) is 0 Å². The third-order valence-corrected chi connectivity index (χ3v) is 4.34. The molecule has 128 valence electrons. The van der Waals surface area contributed by atoms with E-state index in [1.807, 2.05) is 26.0 Å². The van der Waals surface area contributed by atoms with E-state index in [0.29, 0.717) is 24.8 Å². The van der Waals surface area contributed by atoms with Crippen molar-refractivity contribution in [1.82, 2.24) is 19.5 Å². The molecule has 1 fully saturated rings. The molecule has 0 radical (unpaired) electrons. The first kappa shape index (κ1) is 16.4. The highest BCUT2D eigenvalue weighted by atomic mass is 16.1. The van der Waals surface area contributed by atoms with E-state index in [4.69, 9.17) is 11.5 Å². The number of nitrogen functional groups attached to an aromatic ring is 1. The molecule has 2 heterocycles. The van der Waals surface area contributed by atoms with E-state index in [1.54, 1.807) is 4.57 Å². The third-order valence-electron chi connectivity index (χ3n) is 4.34. The number of nitrogens with two attached hydrogens (primary N) is 2. The lowest BCUT2D eigenvalue weighted by atomic mass is 9.78. The summed E-state index contributed by atoms with van der Waals surface area (Å²) in [5, 5.41) is 3.21. The lowest BCUT2D eigenvalue weighted by molar-refractivity contribution is 0.345. The van der Waals surface area contributed by atoms with Crippen molar-refractivity contribution in [2.24, 2.45) is 5.73 Å². The number of hydrogen-bond donors (Lipinski definition) is 3. The summed E-state index contributed by atoms with van der Waals surface area (Å²) in [7, 11) is 0. The summed E-state index contributed by atoms with van der Waals surface area (Å²) in [4.78, 5) is 24.4. The molecule has 2 aromatic heterocycles. The number of nitrogens with zero attached hydrogens (tertiary/aromatic N) is 4. The maximum Gasteiger partial charge on any atom is 0.348 e. The first-order valence-corrected chi connectivity index (χ1v) is 8.11. The van der Waals surface area contributed by atoms with Gasteiger partial charge in [0.25, 0.3) is 0 Å². The first-order chi connectivity index (χ1) is 11.4. The van der Waals surface area contributed by atoms with Gasteiger partial charge in [0.05, 0.1) is 5.69 Å². The van der Waals surface area contributed by atoms with Crippen LogP contribution in [0.25, 0.3) is 0 Å². The van der Waals surface area contributed by atoms with Crippen molar-refractivity contribution < 1.29 is 0 Å². The average Bonchev–Trinajstić information content (AvgIpc) is 2.46. The average molecular weight is 329 g/mol. The minimum Gasteiger partial charge on any atom is -0.368 e. The smallest absolute Gasteiger partial charge is 0.348 e. The molecule has 0 saturated heterocycles. The molecule has 1 saturated carbocycles. The summed E-state index contributed by atoms with van der Waals surface area (Å²) in [5.74, 6) is 1.28. The van der Waals surface area contributed by atoms with Gasteiger partial charge in [-0.3, -0.25) is 4.57 Å². The lowest BCUT2D eigenvalue weighted by Crippen LogP contribution is -2.35. The second kappa shape index (κ2) is 6.56. The minimum atomic E-state index is -0.236. The van der Waals surface area contributed by atoms with Crippen LogP contribution in [0.4, 0.5) is 11.8 Å². The summed E-state index contributed by atoms with van der Waals surface area (Å²) in [5.41, 5.74) is 13.9. The zero-order valence-corrected chi connectivity index (χ0v) is 14.0. The highest BCUT2D eigenvalue weighted by Crippen LogP contribution is 2.35. The fourth-order valence-electron chi connectivity index (χ4n) is 3.03. The Hall–Kier alpha value is -2.48. The summed E-state index contributed by atoms with van der Waals surface area (Å²) in [6.07, 6.45) is 1.86. The van der Waals surface area contributed by atoms with Crippen LogP contribution in [0.1, 0.15) is 35.8 Å². The molecule has 8 nitrogen and oxygen atoms in total. The number of rotatable bonds is 5. The standard InChI is InChI=1S/C16H23N7O/c1-9-5-10(2)23(16(24)20-9)4-3-19-14-8-13(21-15(18)22-14)11-6-12(17)7-11/h5,8,11-12H,3-4,6-7,17H2,1-2H3,(H3,18,19,21,22). The van der Waals surface area contributed by atoms with E-state index < -0.39 is 0 Å². The number of aromatic nitrogens is 4. The van der Waals surface area contributed by atoms with Crippen molar-refractivity contribution in [3.8, 4) is 0 Å². The first-order valence-electron chi connectivity index (χ1n) is 8.11. The third kappa shape index (κ3) is 3.53. The highest BCUT2D eigenvalue weighted by Gasteiger charge is 2.29. The molecular weight excluding hydrogens is 306 g/mol. The number of aryl methyl sites for hydroxylation is 2. The van der Waals surface area contributed by atoms with Crippen LogP contribution in [-0.4, -0.2) is 32.1 Å². The van der Waals surface area contributed by atoms with Gasteiger partial charge in [-0.1, -0.05) is 0 Å². The van der Waals surface area contributed by atoms with Crippen LogP contribution in [-0.2, 0) is 6.54 Å². The molecule has 2 aromatic rings. The fraction of sp³-hybridized carbons (Fsp3) is 0.500. The highest BCUT2D eigenvalue weighted by molar-refractivity contribution is 5.42. The Morgan fingerprint density at radius 3 is 2.67 bits per heavy atom. The zero-order valence-electron chi connectivity index (χ0n) is 14.0. The van der Waals surface area contributed by atoms with Crippen LogP contribution in [0, 0.1) is 13.8 Å². The molecule has 0 amide bonds. The van der Waals surface area contributed by atoms with E-state index in [9.17, 15) is 4.79 Å². The van der Waals surface area contributed by atoms with Crippen molar-refractivity contribution in [3.63, 3.8) is 0 Å². The largest absolute Gasteiger partial charge is 0.368 e. The molecule has 1 aliphatic carbocycles. The van der Waals surface area contributed by atoms with Crippen LogP contribution >= 0.6 is 0 Å². The van der Waals surface area contributed by atoms with Crippen LogP contribution in [0.2, 0.25) is 0 Å². The fourth-order valence-corrected chi connectivity index (χ4v) is 3.03. The van der Waals surface area contributed by atoms with Gasteiger partial charge < -0.3 is 16.8 Å². The van der Waals surface area contributed by atoms with Crippen molar-refractivity contribution in [3.05, 3.63) is 39.7 Å².